The maximum absolute atomic E-state index is 0. The van der Waals surface area contributed by atoms with Crippen LogP contribution in [-0.2, 0) is 17.4 Å². The number of hydrogen-bond donors (Lipinski definition) is 4. The van der Waals surface area contributed by atoms with Gasteiger partial charge in [0.15, 0.2) is 0 Å². The zero-order valence-electron chi connectivity index (χ0n) is 3.24. The molecular weight excluding hydrogens is 326 g/mol. The molecule has 0 spiro atoms. The summed E-state index contributed by atoms with van der Waals surface area (Å²) < 4.78 is 0. The molecule has 0 radical (unpaired) electrons. The Bertz CT molecular complexity index is 11.2. The average molecular weight is 350 g/mol. The average Bonchev–Trinajstić information content (AvgIpc) is 0. The van der Waals surface area contributed by atoms with Crippen molar-refractivity contribution in [1.29, 1.82) is 0 Å². The van der Waals surface area contributed by atoms with Gasteiger partial charge in [-0.2, -0.15) is 0 Å². The fourth-order valence-electron chi connectivity index (χ4n) is 0. The maximum atomic E-state index is 0. The van der Waals surface area contributed by atoms with Gasteiger partial charge in [-0.05, 0) is 0 Å². The summed E-state index contributed by atoms with van der Waals surface area (Å²) in [6, 6.07) is 0. The van der Waals surface area contributed by atoms with Crippen molar-refractivity contribution in [3.05, 3.63) is 0 Å². The summed E-state index contributed by atoms with van der Waals surface area (Å²) in [5.74, 6) is 0. The molecule has 0 atom stereocenters. The fourth-order valence-corrected chi connectivity index (χ4v) is 0. The second-order valence-corrected chi connectivity index (χ2v) is 0. The molecule has 0 saturated carbocycles. The van der Waals surface area contributed by atoms with Crippen molar-refractivity contribution in [2.45, 2.75) is 0 Å². The van der Waals surface area contributed by atoms with E-state index in [4.69, 9.17) is 0 Å². The van der Waals surface area contributed by atoms with E-state index >= 15 is 0 Å². The van der Waals surface area contributed by atoms with E-state index in [0.717, 1.165) is 0 Å². The summed E-state index contributed by atoms with van der Waals surface area (Å²) in [6.45, 7) is 0. The minimum atomic E-state index is 0. The Morgan fingerprint density at radius 3 is 0.375 bits per heavy atom. The van der Waals surface area contributed by atoms with E-state index in [1.54, 1.807) is 0 Å². The Morgan fingerprint density at radius 2 is 0.375 bits per heavy atom. The molecule has 0 heterocycles. The SMILES string of the molecule is N.N.N.N.[Cr].[GeH4].[GeH4].[GeH4]. The molecule has 0 aliphatic rings. The van der Waals surface area contributed by atoms with Crippen LogP contribution in [0.15, 0.2) is 0 Å². The molecule has 0 fully saturated rings. The van der Waals surface area contributed by atoms with Crippen molar-refractivity contribution in [3.8, 4) is 0 Å². The predicted octanol–water partition coefficient (Wildman–Crippen LogP) is -3.71. The standard InChI is InChI=1S/Cr.3GeH4.4H3N/h;3*1H4;4*1H3. The topological polar surface area (TPSA) is 140 Å². The number of rotatable bonds is 0. The molecule has 4 nitrogen and oxygen atoms in total. The first-order chi connectivity index (χ1) is 0. The number of hydrogen-bond acceptors (Lipinski definition) is 4. The Balaban J connectivity index is 0. The van der Waals surface area contributed by atoms with Crippen LogP contribution in [0, 0.1) is 0 Å². The van der Waals surface area contributed by atoms with Gasteiger partial charge in [0.1, 0.15) is 0 Å². The molecule has 0 aliphatic carbocycles. The van der Waals surface area contributed by atoms with Crippen molar-refractivity contribution < 1.29 is 17.4 Å². The van der Waals surface area contributed by atoms with Gasteiger partial charge in [0, 0.05) is 17.4 Å². The molecular formula is H24CrGe3N4. The molecule has 8 heavy (non-hydrogen) atoms. The van der Waals surface area contributed by atoms with Crippen LogP contribution in [0.25, 0.3) is 0 Å². The van der Waals surface area contributed by atoms with Gasteiger partial charge in [-0.25, -0.2) is 0 Å². The van der Waals surface area contributed by atoms with E-state index in [2.05, 4.69) is 0 Å². The summed E-state index contributed by atoms with van der Waals surface area (Å²) >= 11 is 0. The quantitative estimate of drug-likeness (QED) is 0.334. The van der Waals surface area contributed by atoms with Crippen LogP contribution in [-0.4, -0.2) is 52.8 Å². The third-order valence-electron chi connectivity index (χ3n) is 0. The summed E-state index contributed by atoms with van der Waals surface area (Å²) in [5.41, 5.74) is 0. The van der Waals surface area contributed by atoms with Gasteiger partial charge in [-0.15, -0.1) is 0 Å². The van der Waals surface area contributed by atoms with E-state index in [9.17, 15) is 0 Å². The molecule has 8 heteroatoms. The predicted molar refractivity (Wildman–Crippen MR) is 54.1 cm³/mol. The van der Waals surface area contributed by atoms with Crippen molar-refractivity contribution in [2.75, 3.05) is 0 Å². The normalized spacial score (nSPS) is 0. The summed E-state index contributed by atoms with van der Waals surface area (Å²) in [4.78, 5) is 0. The molecule has 12 N–H and O–H groups in total. The van der Waals surface area contributed by atoms with Crippen molar-refractivity contribution in [1.82, 2.24) is 24.6 Å². The van der Waals surface area contributed by atoms with Gasteiger partial charge in [0.05, 0.1) is 0 Å². The molecule has 0 bridgehead atoms. The van der Waals surface area contributed by atoms with Crippen molar-refractivity contribution in [2.24, 2.45) is 0 Å². The van der Waals surface area contributed by atoms with Gasteiger partial charge in [-0.3, -0.25) is 0 Å². The third kappa shape index (κ3) is 97.9. The van der Waals surface area contributed by atoms with Crippen LogP contribution in [0.5, 0.6) is 0 Å². The van der Waals surface area contributed by atoms with E-state index in [0.29, 0.717) is 0 Å². The first kappa shape index (κ1) is 202. The minimum absolute atomic E-state index is 0. The second kappa shape index (κ2) is 144. The first-order valence-electron chi connectivity index (χ1n) is 0. The van der Waals surface area contributed by atoms with Gasteiger partial charge >= 0.3 is 52.8 Å². The van der Waals surface area contributed by atoms with Crippen LogP contribution >= 0.6 is 0 Å². The van der Waals surface area contributed by atoms with Crippen LogP contribution in [0.4, 0.5) is 0 Å². The van der Waals surface area contributed by atoms with E-state index in [-0.39, 0.29) is 94.8 Å². The third-order valence-corrected chi connectivity index (χ3v) is 0. The Morgan fingerprint density at radius 1 is 0.375 bits per heavy atom. The van der Waals surface area contributed by atoms with E-state index in [1.165, 1.54) is 0 Å². The van der Waals surface area contributed by atoms with E-state index in [1.807, 2.05) is 0 Å². The Kier molecular flexibility index (Phi) is 3640. The van der Waals surface area contributed by atoms with Gasteiger partial charge in [0.2, 0.25) is 0 Å². The van der Waals surface area contributed by atoms with Crippen molar-refractivity contribution in [3.63, 3.8) is 0 Å². The molecule has 0 aromatic carbocycles. The summed E-state index contributed by atoms with van der Waals surface area (Å²) in [5, 5.41) is 0. The van der Waals surface area contributed by atoms with Crippen LogP contribution in [0.2, 0.25) is 0 Å². The van der Waals surface area contributed by atoms with Gasteiger partial charge in [0.25, 0.3) is 0 Å². The molecule has 0 saturated heterocycles. The van der Waals surface area contributed by atoms with Gasteiger partial charge in [-0.1, -0.05) is 0 Å². The molecule has 0 aliphatic heterocycles. The second-order valence-electron chi connectivity index (χ2n) is 0. The molecule has 0 amide bonds. The zero-order valence-corrected chi connectivity index (χ0v) is 4.51. The van der Waals surface area contributed by atoms with Crippen molar-refractivity contribution >= 4 is 52.8 Å². The monoisotopic (exact) mass is 354 g/mol. The Labute approximate surface area is 94.1 Å². The molecule has 62 valence electrons. The zero-order chi connectivity index (χ0) is 0. The first-order valence-corrected chi connectivity index (χ1v) is 0. The van der Waals surface area contributed by atoms with Crippen LogP contribution in [0.3, 0.4) is 0 Å². The van der Waals surface area contributed by atoms with Crippen LogP contribution in [0.1, 0.15) is 0 Å². The molecule has 0 unspecified atom stereocenters. The Hall–Kier alpha value is 2.00. The fraction of sp³-hybridized carbons (Fsp3) is 0. The van der Waals surface area contributed by atoms with E-state index < -0.39 is 0 Å². The summed E-state index contributed by atoms with van der Waals surface area (Å²) in [6.07, 6.45) is 0. The molecule has 0 aromatic rings. The van der Waals surface area contributed by atoms with Gasteiger partial charge < -0.3 is 24.6 Å². The van der Waals surface area contributed by atoms with Crippen LogP contribution < -0.4 is 24.6 Å². The molecule has 0 rings (SSSR count). The summed E-state index contributed by atoms with van der Waals surface area (Å²) in [7, 11) is 0. The molecule has 0 aromatic heterocycles.